The van der Waals surface area contributed by atoms with Crippen LogP contribution in [0.15, 0.2) is 30.5 Å². The number of aromatic nitrogens is 2. The van der Waals surface area contributed by atoms with Crippen LogP contribution >= 0.6 is 23.2 Å². The maximum Gasteiger partial charge on any atom is 0.223 e. The second-order valence-corrected chi connectivity index (χ2v) is 7.58. The van der Waals surface area contributed by atoms with Gasteiger partial charge in [0.1, 0.15) is 11.5 Å². The molecule has 2 atom stereocenters. The van der Waals surface area contributed by atoms with E-state index in [0.29, 0.717) is 33.1 Å². The molecule has 0 bridgehead atoms. The second kappa shape index (κ2) is 8.20. The predicted octanol–water partition coefficient (Wildman–Crippen LogP) is 3.33. The lowest BCUT2D eigenvalue weighted by Gasteiger charge is -2.17. The van der Waals surface area contributed by atoms with Crippen LogP contribution < -0.4 is 25.8 Å². The molecule has 152 valence electrons. The molecule has 0 unspecified atom stereocenters. The highest BCUT2D eigenvalue weighted by molar-refractivity contribution is 6.41. The van der Waals surface area contributed by atoms with Crippen LogP contribution in [0.4, 0.5) is 5.95 Å². The van der Waals surface area contributed by atoms with Crippen molar-refractivity contribution >= 4 is 40.1 Å². The minimum absolute atomic E-state index is 0.0315. The van der Waals surface area contributed by atoms with Crippen molar-refractivity contribution in [3.63, 3.8) is 0 Å². The summed E-state index contributed by atoms with van der Waals surface area (Å²) in [4.78, 5) is 9.03. The summed E-state index contributed by atoms with van der Waals surface area (Å²) in [5.41, 5.74) is 8.32. The minimum atomic E-state index is 0.0315. The topological polar surface area (TPSA) is 94.3 Å². The molecule has 0 spiro atoms. The third kappa shape index (κ3) is 3.79. The zero-order valence-electron chi connectivity index (χ0n) is 16.0. The van der Waals surface area contributed by atoms with E-state index in [1.165, 1.54) is 0 Å². The lowest BCUT2D eigenvalue weighted by Crippen LogP contribution is -2.39. The predicted molar refractivity (Wildman–Crippen MR) is 116 cm³/mol. The van der Waals surface area contributed by atoms with Gasteiger partial charge in [0.15, 0.2) is 0 Å². The lowest BCUT2D eigenvalue weighted by atomic mass is 10.0. The molecule has 1 aliphatic heterocycles. The van der Waals surface area contributed by atoms with Gasteiger partial charge in [0.05, 0.1) is 35.8 Å². The first-order chi connectivity index (χ1) is 14.0. The van der Waals surface area contributed by atoms with E-state index in [4.69, 9.17) is 38.4 Å². The van der Waals surface area contributed by atoms with E-state index < -0.39 is 0 Å². The van der Waals surface area contributed by atoms with Crippen LogP contribution in [0.3, 0.4) is 0 Å². The molecule has 2 heterocycles. The number of fused-ring (bicyclic) bond motifs is 1. The van der Waals surface area contributed by atoms with E-state index in [2.05, 4.69) is 20.6 Å². The van der Waals surface area contributed by atoms with E-state index in [0.717, 1.165) is 29.6 Å². The van der Waals surface area contributed by atoms with E-state index in [1.807, 2.05) is 18.2 Å². The third-order valence-corrected chi connectivity index (χ3v) is 5.77. The molecule has 1 fully saturated rings. The van der Waals surface area contributed by atoms with Crippen molar-refractivity contribution in [3.05, 3.63) is 40.5 Å². The van der Waals surface area contributed by atoms with Crippen LogP contribution in [0, 0.1) is 0 Å². The van der Waals surface area contributed by atoms with E-state index >= 15 is 0 Å². The summed E-state index contributed by atoms with van der Waals surface area (Å²) in [5, 5.41) is 8.23. The highest BCUT2D eigenvalue weighted by atomic mass is 35.5. The molecule has 7 nitrogen and oxygen atoms in total. The van der Waals surface area contributed by atoms with Gasteiger partial charge in [-0.2, -0.15) is 0 Å². The highest BCUT2D eigenvalue weighted by Crippen LogP contribution is 2.46. The van der Waals surface area contributed by atoms with Gasteiger partial charge in [-0.25, -0.2) is 9.97 Å². The molecule has 3 aromatic rings. The molecular formula is C20H21Cl2N5O2. The van der Waals surface area contributed by atoms with Crippen molar-refractivity contribution in [2.45, 2.75) is 12.1 Å². The molecule has 0 radical (unpaired) electrons. The van der Waals surface area contributed by atoms with Gasteiger partial charge in [0, 0.05) is 42.3 Å². The number of nitrogens with one attached hydrogen (secondary N) is 2. The lowest BCUT2D eigenvalue weighted by molar-refractivity contribution is 0.395. The number of nitrogens with zero attached hydrogens (tertiary/aromatic N) is 2. The average molecular weight is 434 g/mol. The van der Waals surface area contributed by atoms with Crippen LogP contribution in [0.5, 0.6) is 11.5 Å². The first-order valence-electron chi connectivity index (χ1n) is 9.11. The van der Waals surface area contributed by atoms with Gasteiger partial charge in [0.25, 0.3) is 0 Å². The summed E-state index contributed by atoms with van der Waals surface area (Å²) in [6, 6.07) is 7.56. The summed E-state index contributed by atoms with van der Waals surface area (Å²) in [7, 11) is 3.10. The molecule has 29 heavy (non-hydrogen) atoms. The number of methoxy groups -OCH3 is 2. The second-order valence-electron chi connectivity index (χ2n) is 6.82. The zero-order valence-corrected chi connectivity index (χ0v) is 17.5. The van der Waals surface area contributed by atoms with Gasteiger partial charge < -0.3 is 25.8 Å². The Morgan fingerprint density at radius 3 is 2.45 bits per heavy atom. The number of hydrogen-bond acceptors (Lipinski definition) is 7. The Balaban J connectivity index is 1.72. The normalized spacial score (nSPS) is 18.8. The number of anilines is 1. The third-order valence-electron chi connectivity index (χ3n) is 5.02. The van der Waals surface area contributed by atoms with Crippen molar-refractivity contribution in [2.75, 3.05) is 32.6 Å². The molecule has 0 aliphatic carbocycles. The van der Waals surface area contributed by atoms with Crippen LogP contribution in [0.25, 0.3) is 22.0 Å². The Bertz CT molecular complexity index is 1030. The summed E-state index contributed by atoms with van der Waals surface area (Å²) >= 11 is 13.1. The molecular weight excluding hydrogens is 413 g/mol. The monoisotopic (exact) mass is 433 g/mol. The van der Waals surface area contributed by atoms with E-state index in [1.54, 1.807) is 26.5 Å². The molecule has 0 saturated carbocycles. The summed E-state index contributed by atoms with van der Waals surface area (Å²) in [6.45, 7) is 1.57. The number of hydrogen-bond donors (Lipinski definition) is 3. The van der Waals surface area contributed by atoms with Crippen LogP contribution in [-0.2, 0) is 0 Å². The van der Waals surface area contributed by atoms with Gasteiger partial charge in [-0.1, -0.05) is 29.3 Å². The molecule has 1 aromatic heterocycles. The highest BCUT2D eigenvalue weighted by Gasteiger charge is 2.24. The minimum Gasteiger partial charge on any atom is -0.495 e. The molecule has 1 saturated heterocycles. The summed E-state index contributed by atoms with van der Waals surface area (Å²) < 4.78 is 10.7. The van der Waals surface area contributed by atoms with E-state index in [9.17, 15) is 0 Å². The van der Waals surface area contributed by atoms with Crippen molar-refractivity contribution in [1.29, 1.82) is 0 Å². The largest absolute Gasteiger partial charge is 0.495 e. The van der Waals surface area contributed by atoms with Crippen LogP contribution in [0.2, 0.25) is 10.0 Å². The molecule has 0 amide bonds. The number of ether oxygens (including phenoxy) is 2. The quantitative estimate of drug-likeness (QED) is 0.567. The summed E-state index contributed by atoms with van der Waals surface area (Å²) in [5.74, 6) is 1.52. The smallest absolute Gasteiger partial charge is 0.223 e. The van der Waals surface area contributed by atoms with Gasteiger partial charge in [-0.05, 0) is 17.7 Å². The Morgan fingerprint density at radius 1 is 1.10 bits per heavy atom. The maximum absolute atomic E-state index is 6.54. The SMILES string of the molecule is COc1cc(OC)c(Cl)c(-c2ccc3nc(N[C@@H]4CNC[C@@H]4N)ncc3c2)c1Cl. The van der Waals surface area contributed by atoms with Gasteiger partial charge in [-0.3, -0.25) is 0 Å². The fraction of sp³-hybridized carbons (Fsp3) is 0.300. The number of benzene rings is 2. The zero-order chi connectivity index (χ0) is 20.5. The van der Waals surface area contributed by atoms with E-state index in [-0.39, 0.29) is 12.1 Å². The molecule has 1 aliphatic rings. The standard InChI is InChI=1S/C20H21Cl2N5O2/c1-28-15-6-16(29-2)19(22)17(18(15)21)10-3-4-13-11(5-10)7-25-20(26-13)27-14-9-24-8-12(14)23/h3-7,12,14,24H,8-9,23H2,1-2H3,(H,25,26,27)/t12-,14+/m0/s1. The van der Waals surface area contributed by atoms with Crippen LogP contribution in [0.1, 0.15) is 0 Å². The molecule has 4 N–H and O–H groups in total. The fourth-order valence-electron chi connectivity index (χ4n) is 3.42. The molecule has 4 rings (SSSR count). The first kappa shape index (κ1) is 20.0. The van der Waals surface area contributed by atoms with Crippen LogP contribution in [-0.4, -0.2) is 49.4 Å². The first-order valence-corrected chi connectivity index (χ1v) is 9.87. The van der Waals surface area contributed by atoms with Crippen molar-refractivity contribution in [2.24, 2.45) is 5.73 Å². The molecule has 2 aromatic carbocycles. The van der Waals surface area contributed by atoms with Gasteiger partial charge >= 0.3 is 0 Å². The molecule has 9 heteroatoms. The maximum atomic E-state index is 6.54. The van der Waals surface area contributed by atoms with Crippen molar-refractivity contribution < 1.29 is 9.47 Å². The van der Waals surface area contributed by atoms with Crippen molar-refractivity contribution in [1.82, 2.24) is 15.3 Å². The summed E-state index contributed by atoms with van der Waals surface area (Å²) in [6.07, 6.45) is 1.77. The fourth-order valence-corrected chi connectivity index (χ4v) is 4.14. The number of nitrogens with two attached hydrogens (primary N) is 1. The number of rotatable bonds is 5. The Morgan fingerprint density at radius 2 is 1.83 bits per heavy atom. The number of halogens is 2. The Hall–Kier alpha value is -2.32. The van der Waals surface area contributed by atoms with Gasteiger partial charge in [-0.15, -0.1) is 0 Å². The Labute approximate surface area is 178 Å². The Kier molecular flexibility index (Phi) is 5.65. The van der Waals surface area contributed by atoms with Gasteiger partial charge in [0.2, 0.25) is 5.95 Å². The van der Waals surface area contributed by atoms with Crippen molar-refractivity contribution in [3.8, 4) is 22.6 Å². The average Bonchev–Trinajstić information content (AvgIpc) is 3.13.